The fourth-order valence-corrected chi connectivity index (χ4v) is 2.71. The van der Waals surface area contributed by atoms with E-state index in [0.29, 0.717) is 13.0 Å². The zero-order valence-corrected chi connectivity index (χ0v) is 14.2. The number of ether oxygens (including phenoxy) is 1. The summed E-state index contributed by atoms with van der Waals surface area (Å²) < 4.78 is 4.84. The molecule has 1 aromatic rings. The number of likely N-dealkylation sites (N-methyl/N-ethyl adjacent to an activating group) is 1. The van der Waals surface area contributed by atoms with Gasteiger partial charge in [0.05, 0.1) is 19.3 Å². The van der Waals surface area contributed by atoms with Crippen LogP contribution in [-0.2, 0) is 16.1 Å². The maximum Gasteiger partial charge on any atom is 0.317 e. The van der Waals surface area contributed by atoms with Crippen LogP contribution in [0.2, 0.25) is 0 Å². The van der Waals surface area contributed by atoms with Crippen molar-refractivity contribution in [1.29, 1.82) is 0 Å². The highest BCUT2D eigenvalue weighted by molar-refractivity contribution is 5.95. The van der Waals surface area contributed by atoms with E-state index in [9.17, 15) is 14.7 Å². The Morgan fingerprint density at radius 2 is 2.29 bits per heavy atom. The lowest BCUT2D eigenvalue weighted by molar-refractivity contribution is -0.117. The van der Waals surface area contributed by atoms with E-state index < -0.39 is 6.10 Å². The molecule has 0 aliphatic carbocycles. The molecule has 0 aromatic heterocycles. The summed E-state index contributed by atoms with van der Waals surface area (Å²) >= 11 is 0. The molecule has 0 radical (unpaired) electrons. The van der Waals surface area contributed by atoms with Crippen LogP contribution in [0.25, 0.3) is 0 Å². The molecule has 1 saturated heterocycles. The summed E-state index contributed by atoms with van der Waals surface area (Å²) in [4.78, 5) is 27.1. The second-order valence-corrected chi connectivity index (χ2v) is 5.97. The van der Waals surface area contributed by atoms with Crippen LogP contribution in [-0.4, -0.2) is 61.9 Å². The molecule has 0 saturated carbocycles. The number of anilines is 1. The molecule has 24 heavy (non-hydrogen) atoms. The van der Waals surface area contributed by atoms with E-state index in [0.717, 1.165) is 24.2 Å². The lowest BCUT2D eigenvalue weighted by Crippen LogP contribution is -2.42. The number of carbonyl (C=O) groups is 2. The van der Waals surface area contributed by atoms with Gasteiger partial charge in [0, 0.05) is 39.4 Å². The monoisotopic (exact) mass is 335 g/mol. The fraction of sp³-hybridized carbons (Fsp3) is 0.529. The third-order valence-electron chi connectivity index (χ3n) is 3.93. The van der Waals surface area contributed by atoms with Crippen LogP contribution in [0.1, 0.15) is 18.4 Å². The molecule has 1 fully saturated rings. The lowest BCUT2D eigenvalue weighted by atomic mass is 10.2. The van der Waals surface area contributed by atoms with Gasteiger partial charge >= 0.3 is 6.03 Å². The molecule has 0 bridgehead atoms. The summed E-state index contributed by atoms with van der Waals surface area (Å²) in [5, 5.41) is 12.5. The van der Waals surface area contributed by atoms with Crippen LogP contribution in [0.4, 0.5) is 10.5 Å². The Hall–Kier alpha value is -2.12. The quantitative estimate of drug-likeness (QED) is 0.778. The summed E-state index contributed by atoms with van der Waals surface area (Å²) in [6.45, 7) is 1.49. The predicted octanol–water partition coefficient (Wildman–Crippen LogP) is 0.962. The first-order chi connectivity index (χ1) is 11.5. The van der Waals surface area contributed by atoms with E-state index in [-0.39, 0.29) is 25.1 Å². The van der Waals surface area contributed by atoms with E-state index in [1.807, 2.05) is 24.3 Å². The summed E-state index contributed by atoms with van der Waals surface area (Å²) in [6, 6.07) is 7.34. The molecule has 2 rings (SSSR count). The number of methoxy groups -OCH3 is 1. The van der Waals surface area contributed by atoms with Gasteiger partial charge in [-0.25, -0.2) is 4.79 Å². The fourth-order valence-electron chi connectivity index (χ4n) is 2.71. The second-order valence-electron chi connectivity index (χ2n) is 5.97. The Morgan fingerprint density at radius 3 is 2.96 bits per heavy atom. The average molecular weight is 335 g/mol. The van der Waals surface area contributed by atoms with Crippen LogP contribution in [0.15, 0.2) is 24.3 Å². The molecule has 1 heterocycles. The van der Waals surface area contributed by atoms with Crippen molar-refractivity contribution in [3.63, 3.8) is 0 Å². The molecule has 0 spiro atoms. The van der Waals surface area contributed by atoms with E-state index in [2.05, 4.69) is 5.32 Å². The van der Waals surface area contributed by atoms with Crippen molar-refractivity contribution in [2.75, 3.05) is 38.8 Å². The number of urea groups is 1. The molecule has 2 N–H and O–H groups in total. The Labute approximate surface area is 142 Å². The smallest absolute Gasteiger partial charge is 0.317 e. The zero-order chi connectivity index (χ0) is 17.5. The Morgan fingerprint density at radius 1 is 1.50 bits per heavy atom. The minimum Gasteiger partial charge on any atom is -0.389 e. The third kappa shape index (κ3) is 4.94. The van der Waals surface area contributed by atoms with Crippen molar-refractivity contribution in [3.8, 4) is 0 Å². The van der Waals surface area contributed by atoms with Gasteiger partial charge in [0.15, 0.2) is 0 Å². The molecular formula is C17H25N3O4. The van der Waals surface area contributed by atoms with E-state index in [4.69, 9.17) is 4.74 Å². The number of amides is 3. The Balaban J connectivity index is 1.87. The molecule has 132 valence electrons. The Kier molecular flexibility index (Phi) is 6.57. The van der Waals surface area contributed by atoms with Crippen LogP contribution in [0, 0.1) is 0 Å². The Bertz CT molecular complexity index is 579. The molecule has 1 unspecified atom stereocenters. The third-order valence-corrected chi connectivity index (χ3v) is 3.93. The van der Waals surface area contributed by atoms with Gasteiger partial charge in [-0.2, -0.15) is 0 Å². The summed E-state index contributed by atoms with van der Waals surface area (Å²) in [6.07, 6.45) is 0.763. The van der Waals surface area contributed by atoms with E-state index >= 15 is 0 Å². The predicted molar refractivity (Wildman–Crippen MR) is 90.8 cm³/mol. The number of nitrogens with one attached hydrogen (secondary N) is 1. The molecule has 7 nitrogen and oxygen atoms in total. The first kappa shape index (κ1) is 18.2. The van der Waals surface area contributed by atoms with Gasteiger partial charge in [-0.1, -0.05) is 12.1 Å². The summed E-state index contributed by atoms with van der Waals surface area (Å²) in [7, 11) is 3.12. The van der Waals surface area contributed by atoms with Crippen molar-refractivity contribution < 1.29 is 19.4 Å². The lowest BCUT2D eigenvalue weighted by Gasteiger charge is -2.21. The first-order valence-corrected chi connectivity index (χ1v) is 8.06. The molecule has 1 aliphatic heterocycles. The largest absolute Gasteiger partial charge is 0.389 e. The second kappa shape index (κ2) is 8.65. The molecule has 1 atom stereocenters. The number of nitrogens with zero attached hydrogens (tertiary/aromatic N) is 2. The molecular weight excluding hydrogens is 310 g/mol. The molecule has 1 aliphatic rings. The number of rotatable bonds is 7. The van der Waals surface area contributed by atoms with Crippen molar-refractivity contribution in [3.05, 3.63) is 29.8 Å². The molecule has 7 heteroatoms. The average Bonchev–Trinajstić information content (AvgIpc) is 2.99. The van der Waals surface area contributed by atoms with Crippen LogP contribution in [0.3, 0.4) is 0 Å². The zero-order valence-electron chi connectivity index (χ0n) is 14.2. The normalized spacial score (nSPS) is 15.5. The van der Waals surface area contributed by atoms with Gasteiger partial charge in [0.1, 0.15) is 0 Å². The topological polar surface area (TPSA) is 82.1 Å². The van der Waals surface area contributed by atoms with E-state index in [1.54, 1.807) is 11.9 Å². The van der Waals surface area contributed by atoms with Crippen LogP contribution < -0.4 is 10.2 Å². The summed E-state index contributed by atoms with van der Waals surface area (Å²) in [5.41, 5.74) is 1.79. The van der Waals surface area contributed by atoms with Gasteiger partial charge in [-0.15, -0.1) is 0 Å². The van der Waals surface area contributed by atoms with Crippen molar-refractivity contribution in [2.45, 2.75) is 25.5 Å². The maximum absolute atomic E-state index is 12.0. The van der Waals surface area contributed by atoms with Crippen molar-refractivity contribution >= 4 is 17.6 Å². The SMILES string of the molecule is COCC(O)CN(C)C(=O)NCc1cccc(N2CCCC2=O)c1. The van der Waals surface area contributed by atoms with Gasteiger partial charge in [0.25, 0.3) is 0 Å². The number of hydrogen-bond acceptors (Lipinski definition) is 4. The van der Waals surface area contributed by atoms with Crippen molar-refractivity contribution in [1.82, 2.24) is 10.2 Å². The van der Waals surface area contributed by atoms with E-state index in [1.165, 1.54) is 12.0 Å². The highest BCUT2D eigenvalue weighted by Gasteiger charge is 2.21. The highest BCUT2D eigenvalue weighted by atomic mass is 16.5. The number of benzene rings is 1. The number of carbonyl (C=O) groups excluding carboxylic acids is 2. The molecule has 3 amide bonds. The first-order valence-electron chi connectivity index (χ1n) is 8.06. The van der Waals surface area contributed by atoms with Gasteiger partial charge in [-0.3, -0.25) is 4.79 Å². The number of hydrogen-bond donors (Lipinski definition) is 2. The van der Waals surface area contributed by atoms with Gasteiger partial charge < -0.3 is 25.0 Å². The van der Waals surface area contributed by atoms with Crippen LogP contribution in [0.5, 0.6) is 0 Å². The number of aliphatic hydroxyl groups excluding tert-OH is 1. The number of aliphatic hydroxyl groups is 1. The van der Waals surface area contributed by atoms with Crippen molar-refractivity contribution in [2.24, 2.45) is 0 Å². The summed E-state index contributed by atoms with van der Waals surface area (Å²) in [5.74, 6) is 0.142. The minimum atomic E-state index is -0.713. The van der Waals surface area contributed by atoms with Gasteiger partial charge in [0.2, 0.25) is 5.91 Å². The van der Waals surface area contributed by atoms with Crippen LogP contribution >= 0.6 is 0 Å². The molecule has 1 aromatic carbocycles. The minimum absolute atomic E-state index is 0.142. The standard InChI is InChI=1S/C17H25N3O4/c1-19(11-15(21)12-24-2)17(23)18-10-13-5-3-6-14(9-13)20-8-4-7-16(20)22/h3,5-6,9,15,21H,4,7-8,10-12H2,1-2H3,(H,18,23). The van der Waals surface area contributed by atoms with Gasteiger partial charge in [-0.05, 0) is 24.1 Å². The maximum atomic E-state index is 12.0. The highest BCUT2D eigenvalue weighted by Crippen LogP contribution is 2.22.